The molecule has 2 aromatic carbocycles. The minimum atomic E-state index is -0.773. The third-order valence-electron chi connectivity index (χ3n) is 4.71. The van der Waals surface area contributed by atoms with Crippen LogP contribution in [0.25, 0.3) is 0 Å². The van der Waals surface area contributed by atoms with Crippen LogP contribution in [0.3, 0.4) is 0 Å². The molecule has 7 heteroatoms. The minimum absolute atomic E-state index is 0.00684. The molecule has 0 fully saturated rings. The third-order valence-corrected chi connectivity index (χ3v) is 4.71. The molecule has 0 bridgehead atoms. The lowest BCUT2D eigenvalue weighted by atomic mass is 9.89. The van der Waals surface area contributed by atoms with Crippen LogP contribution in [-0.2, 0) is 0 Å². The Morgan fingerprint density at radius 1 is 1.00 bits per heavy atom. The van der Waals surface area contributed by atoms with Crippen LogP contribution in [0.5, 0.6) is 28.7 Å². The number of rotatable bonds is 1. The van der Waals surface area contributed by atoms with Crippen LogP contribution >= 0.6 is 0 Å². The molecule has 7 nitrogen and oxygen atoms in total. The van der Waals surface area contributed by atoms with Gasteiger partial charge in [0.15, 0.2) is 23.1 Å². The van der Waals surface area contributed by atoms with E-state index >= 15 is 0 Å². The lowest BCUT2D eigenvalue weighted by molar-refractivity contribution is 0.0600. The van der Waals surface area contributed by atoms with Gasteiger partial charge < -0.3 is 24.8 Å². The van der Waals surface area contributed by atoms with Crippen molar-refractivity contribution in [2.45, 2.75) is 38.4 Å². The van der Waals surface area contributed by atoms with E-state index in [2.05, 4.69) is 0 Å². The number of ketones is 2. The normalized spacial score (nSPS) is 20.3. The number of hydrogen-bond donors (Lipinski definition) is 3. The zero-order valence-electron chi connectivity index (χ0n) is 14.8. The highest BCUT2D eigenvalue weighted by Crippen LogP contribution is 2.45. The largest absolute Gasteiger partial charge is 0.508 e. The third kappa shape index (κ3) is 2.85. The van der Waals surface area contributed by atoms with Crippen molar-refractivity contribution < 1.29 is 34.4 Å². The van der Waals surface area contributed by atoms with Gasteiger partial charge in [-0.05, 0) is 31.5 Å². The number of Topliss-reactive ketones (excluding diaryl/α,β-unsaturated/α-hetero) is 2. The summed E-state index contributed by atoms with van der Waals surface area (Å²) in [6.45, 7) is 3.53. The molecule has 0 aliphatic carbocycles. The van der Waals surface area contributed by atoms with E-state index < -0.39 is 11.7 Å². The summed E-state index contributed by atoms with van der Waals surface area (Å²) < 4.78 is 11.5. The van der Waals surface area contributed by atoms with E-state index in [1.807, 2.05) is 0 Å². The number of benzene rings is 2. The molecular weight excluding hydrogens is 352 g/mol. The van der Waals surface area contributed by atoms with Gasteiger partial charge in [0.2, 0.25) is 0 Å². The fourth-order valence-electron chi connectivity index (χ4n) is 3.54. The van der Waals surface area contributed by atoms with Crippen LogP contribution in [0.4, 0.5) is 0 Å². The molecule has 27 heavy (non-hydrogen) atoms. The molecule has 0 unspecified atom stereocenters. The molecule has 0 saturated heterocycles. The van der Waals surface area contributed by atoms with Crippen LogP contribution in [0.15, 0.2) is 24.3 Å². The number of ether oxygens (including phenoxy) is 2. The van der Waals surface area contributed by atoms with Crippen LogP contribution in [0.2, 0.25) is 0 Å². The summed E-state index contributed by atoms with van der Waals surface area (Å²) in [4.78, 5) is 24.9. The van der Waals surface area contributed by atoms with Crippen molar-refractivity contribution in [1.82, 2.24) is 0 Å². The second-order valence-electron chi connectivity index (χ2n) is 7.45. The van der Waals surface area contributed by atoms with Gasteiger partial charge in [-0.1, -0.05) is 0 Å². The maximum absolute atomic E-state index is 12.5. The van der Waals surface area contributed by atoms with Gasteiger partial charge in [0.05, 0.1) is 18.4 Å². The average molecular weight is 370 g/mol. The van der Waals surface area contributed by atoms with Gasteiger partial charge in [-0.3, -0.25) is 9.59 Å². The molecule has 0 aromatic heterocycles. The first-order chi connectivity index (χ1) is 12.6. The summed E-state index contributed by atoms with van der Waals surface area (Å²) in [5.41, 5.74) is -0.0315. The van der Waals surface area contributed by atoms with Crippen molar-refractivity contribution >= 4 is 11.6 Å². The van der Waals surface area contributed by atoms with Crippen molar-refractivity contribution in [1.29, 1.82) is 0 Å². The van der Waals surface area contributed by atoms with E-state index in [0.29, 0.717) is 5.56 Å². The molecule has 140 valence electrons. The molecule has 0 amide bonds. The average Bonchev–Trinajstić information content (AvgIpc) is 2.53. The summed E-state index contributed by atoms with van der Waals surface area (Å²) in [7, 11) is 0. The Morgan fingerprint density at radius 3 is 2.48 bits per heavy atom. The Hall–Kier alpha value is -3.22. The smallest absolute Gasteiger partial charge is 0.174 e. The summed E-state index contributed by atoms with van der Waals surface area (Å²) >= 11 is 0. The number of fused-ring (bicyclic) bond motifs is 2. The fraction of sp³-hybridized carbons (Fsp3) is 0.300. The van der Waals surface area contributed by atoms with Gasteiger partial charge in [-0.25, -0.2) is 0 Å². The Labute approximate surface area is 154 Å². The van der Waals surface area contributed by atoms with E-state index in [4.69, 9.17) is 9.47 Å². The summed E-state index contributed by atoms with van der Waals surface area (Å²) in [5.74, 6) is -1.15. The first-order valence-electron chi connectivity index (χ1n) is 8.49. The molecule has 0 radical (unpaired) electrons. The highest BCUT2D eigenvalue weighted by Gasteiger charge is 2.37. The van der Waals surface area contributed by atoms with E-state index in [9.17, 15) is 24.9 Å². The Bertz CT molecular complexity index is 990. The molecule has 2 aromatic rings. The zero-order valence-corrected chi connectivity index (χ0v) is 14.8. The van der Waals surface area contributed by atoms with E-state index in [1.165, 1.54) is 12.1 Å². The SMILES string of the molecule is CC1(C)CC(=O)c2cc([C@@H]3CC(=O)c4c(O)cc(O)cc4O3)cc(O)c2O1. The quantitative estimate of drug-likeness (QED) is 0.706. The topological polar surface area (TPSA) is 113 Å². The van der Waals surface area contributed by atoms with Crippen molar-refractivity contribution in [2.24, 2.45) is 0 Å². The first-order valence-corrected chi connectivity index (χ1v) is 8.49. The standard InChI is InChI=1S/C20H18O7/c1-20(2)8-15(25)11-3-9(4-14(24)19(11)27-20)16-7-13(23)18-12(22)5-10(21)6-17(18)26-16/h3-6,16,21-22,24H,7-8H2,1-2H3/t16-/m0/s1. The Balaban J connectivity index is 1.75. The number of phenolic OH excluding ortho intramolecular Hbond substituents is 3. The van der Waals surface area contributed by atoms with Gasteiger partial charge in [0.1, 0.15) is 34.5 Å². The van der Waals surface area contributed by atoms with Gasteiger partial charge in [0, 0.05) is 12.1 Å². The fourth-order valence-corrected chi connectivity index (χ4v) is 3.54. The molecule has 2 heterocycles. The maximum atomic E-state index is 12.5. The highest BCUT2D eigenvalue weighted by molar-refractivity contribution is 6.03. The predicted molar refractivity (Wildman–Crippen MR) is 93.8 cm³/mol. The second-order valence-corrected chi connectivity index (χ2v) is 7.45. The van der Waals surface area contributed by atoms with Crippen LogP contribution in [-0.4, -0.2) is 32.5 Å². The molecule has 3 N–H and O–H groups in total. The molecule has 4 rings (SSSR count). The summed E-state index contributed by atoms with van der Waals surface area (Å²) in [5, 5.41) is 29.9. The lowest BCUT2D eigenvalue weighted by Crippen LogP contribution is -2.36. The lowest BCUT2D eigenvalue weighted by Gasteiger charge is -2.33. The van der Waals surface area contributed by atoms with E-state index in [1.54, 1.807) is 19.9 Å². The Morgan fingerprint density at radius 2 is 1.74 bits per heavy atom. The number of carbonyl (C=O) groups is 2. The Kier molecular flexibility index (Phi) is 3.59. The van der Waals surface area contributed by atoms with Crippen LogP contribution in [0, 0.1) is 0 Å². The van der Waals surface area contributed by atoms with Gasteiger partial charge in [-0.15, -0.1) is 0 Å². The predicted octanol–water partition coefficient (Wildman–Crippen LogP) is 3.25. The molecule has 2 aliphatic heterocycles. The first kappa shape index (κ1) is 17.2. The van der Waals surface area contributed by atoms with Crippen molar-refractivity contribution in [2.75, 3.05) is 0 Å². The van der Waals surface area contributed by atoms with Crippen molar-refractivity contribution in [3.05, 3.63) is 41.0 Å². The zero-order chi connectivity index (χ0) is 19.5. The molecule has 0 saturated carbocycles. The maximum Gasteiger partial charge on any atom is 0.174 e. The number of hydrogen-bond acceptors (Lipinski definition) is 7. The number of aromatic hydroxyl groups is 3. The molecular formula is C20H18O7. The van der Waals surface area contributed by atoms with E-state index in [0.717, 1.165) is 6.07 Å². The van der Waals surface area contributed by atoms with Gasteiger partial charge >= 0.3 is 0 Å². The van der Waals surface area contributed by atoms with Crippen molar-refractivity contribution in [3.63, 3.8) is 0 Å². The van der Waals surface area contributed by atoms with Crippen LogP contribution < -0.4 is 9.47 Å². The molecule has 0 spiro atoms. The van der Waals surface area contributed by atoms with Gasteiger partial charge in [-0.2, -0.15) is 0 Å². The summed E-state index contributed by atoms with van der Waals surface area (Å²) in [6, 6.07) is 5.27. The highest BCUT2D eigenvalue weighted by atomic mass is 16.5. The second kappa shape index (κ2) is 5.64. The monoisotopic (exact) mass is 370 g/mol. The van der Waals surface area contributed by atoms with Gasteiger partial charge in [0.25, 0.3) is 0 Å². The molecule has 2 aliphatic rings. The van der Waals surface area contributed by atoms with Crippen molar-refractivity contribution in [3.8, 4) is 28.7 Å². The summed E-state index contributed by atoms with van der Waals surface area (Å²) in [6.07, 6.45) is -0.688. The number of phenols is 3. The van der Waals surface area contributed by atoms with E-state index in [-0.39, 0.29) is 64.3 Å². The van der Waals surface area contributed by atoms with Crippen LogP contribution in [0.1, 0.15) is 59.1 Å². The number of carbonyl (C=O) groups excluding carboxylic acids is 2. The molecule has 1 atom stereocenters. The minimum Gasteiger partial charge on any atom is -0.508 e.